The third-order valence-corrected chi connectivity index (χ3v) is 7.81. The first kappa shape index (κ1) is 25.6. The number of hydrogen-bond acceptors (Lipinski definition) is 6. The Balaban J connectivity index is 1.53. The maximum atomic E-state index is 12.6. The average molecular weight is 528 g/mol. The smallest absolute Gasteiger partial charge is 0.326 e. The van der Waals surface area contributed by atoms with Crippen LogP contribution in [0, 0.1) is 5.92 Å². The van der Waals surface area contributed by atoms with E-state index in [9.17, 15) is 19.5 Å². The van der Waals surface area contributed by atoms with Crippen LogP contribution in [0.15, 0.2) is 34.0 Å². The van der Waals surface area contributed by atoms with Gasteiger partial charge in [0.25, 0.3) is 0 Å². The summed E-state index contributed by atoms with van der Waals surface area (Å²) in [5.74, 6) is -1.93. The van der Waals surface area contributed by atoms with Gasteiger partial charge in [-0.3, -0.25) is 9.59 Å². The normalized spacial score (nSPS) is 15.5. The summed E-state index contributed by atoms with van der Waals surface area (Å²) in [6.07, 6.45) is 6.05. The highest BCUT2D eigenvalue weighted by atomic mass is 35.5. The molecule has 7 nitrogen and oxygen atoms in total. The van der Waals surface area contributed by atoms with Crippen LogP contribution in [-0.2, 0) is 20.8 Å². The molecule has 2 heterocycles. The number of aliphatic carboxylic acids is 1. The molecule has 1 atom stereocenters. The van der Waals surface area contributed by atoms with E-state index in [1.54, 1.807) is 21.9 Å². The number of amides is 2. The van der Waals surface area contributed by atoms with Crippen LogP contribution in [-0.4, -0.2) is 58.2 Å². The van der Waals surface area contributed by atoms with E-state index in [2.05, 4.69) is 10.3 Å². The minimum Gasteiger partial charge on any atom is -0.480 e. The van der Waals surface area contributed by atoms with Gasteiger partial charge in [-0.1, -0.05) is 29.3 Å². The quantitative estimate of drug-likeness (QED) is 0.393. The fraction of sp³-hybridized carbons (Fsp3) is 0.364. The Hall–Kier alpha value is -2.07. The van der Waals surface area contributed by atoms with Crippen LogP contribution in [0.4, 0.5) is 0 Å². The molecule has 1 aromatic carbocycles. The molecule has 0 aliphatic carbocycles. The molecule has 0 saturated carbocycles. The number of hydrogen-bond donors (Lipinski definition) is 2. The Labute approximate surface area is 210 Å². The topological polar surface area (TPSA) is 99.6 Å². The van der Waals surface area contributed by atoms with Gasteiger partial charge >= 0.3 is 5.97 Å². The molecule has 0 spiro atoms. The van der Waals surface area contributed by atoms with Gasteiger partial charge in [0.05, 0.1) is 21.2 Å². The number of carbonyl (C=O) groups is 3. The lowest BCUT2D eigenvalue weighted by Crippen LogP contribution is -2.48. The molecule has 0 bridgehead atoms. The third-order valence-electron chi connectivity index (χ3n) is 5.39. The van der Waals surface area contributed by atoms with Crippen molar-refractivity contribution in [3.8, 4) is 0 Å². The molecule has 0 radical (unpaired) electrons. The summed E-state index contributed by atoms with van der Waals surface area (Å²) in [5, 5.41) is 14.7. The molecule has 1 saturated heterocycles. The maximum absolute atomic E-state index is 12.6. The van der Waals surface area contributed by atoms with Crippen molar-refractivity contribution < 1.29 is 19.5 Å². The second-order valence-corrected chi connectivity index (χ2v) is 9.82. The van der Waals surface area contributed by atoms with Crippen LogP contribution in [0.2, 0.25) is 10.0 Å². The molecule has 1 fully saturated rings. The first-order chi connectivity index (χ1) is 15.8. The molecule has 11 heteroatoms. The lowest BCUT2D eigenvalue weighted by molar-refractivity contribution is -0.142. The second kappa shape index (κ2) is 11.9. The molecule has 33 heavy (non-hydrogen) atoms. The third kappa shape index (κ3) is 6.72. The van der Waals surface area contributed by atoms with E-state index >= 15 is 0 Å². The number of thioether (sulfide) groups is 1. The summed E-state index contributed by atoms with van der Waals surface area (Å²) in [6.45, 7) is 0.815. The number of benzene rings is 1. The van der Waals surface area contributed by atoms with Gasteiger partial charge in [0.1, 0.15) is 6.04 Å². The van der Waals surface area contributed by atoms with Gasteiger partial charge in [0.15, 0.2) is 0 Å². The summed E-state index contributed by atoms with van der Waals surface area (Å²) in [4.78, 5) is 43.3. The SMILES string of the molecule is CSc1ccc(C=CC(=O)N2CCC(C(=O)NC(Cc3cscn3)C(=O)O)CC2)c(Cl)c1Cl. The molecule has 2 aromatic rings. The van der Waals surface area contributed by atoms with Crippen molar-refractivity contribution >= 4 is 70.2 Å². The molecule has 1 aliphatic heterocycles. The van der Waals surface area contributed by atoms with Gasteiger partial charge in [-0.25, -0.2) is 9.78 Å². The van der Waals surface area contributed by atoms with Crippen LogP contribution < -0.4 is 5.32 Å². The number of aromatic nitrogens is 1. The number of carboxylic acid groups (broad SMARTS) is 1. The summed E-state index contributed by atoms with van der Waals surface area (Å²) < 4.78 is 0. The van der Waals surface area contributed by atoms with E-state index in [-0.39, 0.29) is 24.2 Å². The van der Waals surface area contributed by atoms with E-state index < -0.39 is 12.0 Å². The standard InChI is InChI=1S/C22H23Cl2N3O4S2/c1-32-17-4-2-13(19(23)20(17)24)3-5-18(28)27-8-6-14(7-9-27)21(29)26-16(22(30)31)10-15-11-33-12-25-15/h2-5,11-12,14,16H,6-10H2,1H3,(H,26,29)(H,30,31). The molecule has 176 valence electrons. The fourth-order valence-electron chi connectivity index (χ4n) is 3.50. The van der Waals surface area contributed by atoms with E-state index in [0.29, 0.717) is 47.2 Å². The zero-order valence-electron chi connectivity index (χ0n) is 17.8. The minimum absolute atomic E-state index is 0.136. The first-order valence-corrected chi connectivity index (χ1v) is 13.1. The number of halogens is 2. The minimum atomic E-state index is -1.10. The van der Waals surface area contributed by atoms with Crippen molar-refractivity contribution in [2.75, 3.05) is 19.3 Å². The van der Waals surface area contributed by atoms with Gasteiger partial charge in [-0.05, 0) is 36.8 Å². The van der Waals surface area contributed by atoms with Crippen molar-refractivity contribution in [2.45, 2.75) is 30.2 Å². The molecule has 2 N–H and O–H groups in total. The maximum Gasteiger partial charge on any atom is 0.326 e. The van der Waals surface area contributed by atoms with Crippen LogP contribution in [0.3, 0.4) is 0 Å². The highest BCUT2D eigenvalue weighted by molar-refractivity contribution is 7.98. The molecule has 1 aromatic heterocycles. The van der Waals surface area contributed by atoms with E-state index in [4.69, 9.17) is 23.2 Å². The predicted octanol–water partition coefficient (Wildman–Crippen LogP) is 4.24. The van der Waals surface area contributed by atoms with Crippen LogP contribution >= 0.6 is 46.3 Å². The Morgan fingerprint density at radius 2 is 2.03 bits per heavy atom. The number of nitrogens with zero attached hydrogens (tertiary/aromatic N) is 2. The molecule has 3 rings (SSSR count). The zero-order chi connectivity index (χ0) is 24.0. The van der Waals surface area contributed by atoms with Crippen molar-refractivity contribution in [3.63, 3.8) is 0 Å². The summed E-state index contributed by atoms with van der Waals surface area (Å²) in [5.41, 5.74) is 2.91. The van der Waals surface area contributed by atoms with E-state index in [1.807, 2.05) is 18.4 Å². The van der Waals surface area contributed by atoms with Gasteiger partial charge in [0, 0.05) is 41.8 Å². The molecular formula is C22H23Cl2N3O4S2. The van der Waals surface area contributed by atoms with Crippen LogP contribution in [0.5, 0.6) is 0 Å². The van der Waals surface area contributed by atoms with Crippen molar-refractivity contribution in [1.82, 2.24) is 15.2 Å². The Bertz CT molecular complexity index is 1040. The number of carboxylic acids is 1. The first-order valence-electron chi connectivity index (χ1n) is 10.2. The second-order valence-electron chi connectivity index (χ2n) is 7.50. The number of thiazole rings is 1. The Kier molecular flexibility index (Phi) is 9.19. The van der Waals surface area contributed by atoms with Gasteiger partial charge in [-0.2, -0.15) is 0 Å². The largest absolute Gasteiger partial charge is 0.480 e. The van der Waals surface area contributed by atoms with Crippen molar-refractivity contribution in [2.24, 2.45) is 5.92 Å². The number of nitrogens with one attached hydrogen (secondary N) is 1. The predicted molar refractivity (Wildman–Crippen MR) is 132 cm³/mol. The summed E-state index contributed by atoms with van der Waals surface area (Å²) >= 11 is 15.4. The van der Waals surface area contributed by atoms with Crippen molar-refractivity contribution in [1.29, 1.82) is 0 Å². The van der Waals surface area contributed by atoms with E-state index in [1.165, 1.54) is 29.2 Å². The average Bonchev–Trinajstić information content (AvgIpc) is 3.32. The van der Waals surface area contributed by atoms with Gasteiger partial charge in [0.2, 0.25) is 11.8 Å². The number of piperidine rings is 1. The van der Waals surface area contributed by atoms with E-state index in [0.717, 1.165) is 4.90 Å². The Morgan fingerprint density at radius 1 is 1.30 bits per heavy atom. The lowest BCUT2D eigenvalue weighted by Gasteiger charge is -2.31. The summed E-state index contributed by atoms with van der Waals surface area (Å²) in [6, 6.07) is 2.63. The molecule has 2 amide bonds. The van der Waals surface area contributed by atoms with Crippen molar-refractivity contribution in [3.05, 3.63) is 50.4 Å². The number of likely N-dealkylation sites (tertiary alicyclic amines) is 1. The monoisotopic (exact) mass is 527 g/mol. The lowest BCUT2D eigenvalue weighted by atomic mass is 9.95. The van der Waals surface area contributed by atoms with Crippen LogP contribution in [0.1, 0.15) is 24.1 Å². The molecular weight excluding hydrogens is 505 g/mol. The fourth-order valence-corrected chi connectivity index (χ4v) is 5.24. The number of carbonyl (C=O) groups excluding carboxylic acids is 2. The van der Waals surface area contributed by atoms with Gasteiger partial charge < -0.3 is 15.3 Å². The van der Waals surface area contributed by atoms with Crippen LogP contribution in [0.25, 0.3) is 6.08 Å². The Morgan fingerprint density at radius 3 is 2.64 bits per heavy atom. The molecule has 1 aliphatic rings. The number of rotatable bonds is 8. The molecule has 1 unspecified atom stereocenters. The summed E-state index contributed by atoms with van der Waals surface area (Å²) in [7, 11) is 0. The zero-order valence-corrected chi connectivity index (χ0v) is 20.9. The highest BCUT2D eigenvalue weighted by Gasteiger charge is 2.30. The van der Waals surface area contributed by atoms with Gasteiger partial charge in [-0.15, -0.1) is 23.1 Å². The highest BCUT2D eigenvalue weighted by Crippen LogP contribution is 2.35.